The summed E-state index contributed by atoms with van der Waals surface area (Å²) in [6.07, 6.45) is 2.74. The lowest BCUT2D eigenvalue weighted by Gasteiger charge is -2.26. The molecule has 1 aliphatic carbocycles. The van der Waals surface area contributed by atoms with Gasteiger partial charge < -0.3 is 14.7 Å². The molecule has 0 radical (unpaired) electrons. The normalized spacial score (nSPS) is 29.5. The Morgan fingerprint density at radius 3 is 2.95 bits per heavy atom. The minimum absolute atomic E-state index is 0.207. The van der Waals surface area contributed by atoms with E-state index in [9.17, 15) is 9.90 Å². The van der Waals surface area contributed by atoms with E-state index in [2.05, 4.69) is 16.8 Å². The third-order valence-corrected chi connectivity index (χ3v) is 5.36. The Kier molecular flexibility index (Phi) is 3.22. The zero-order valence-corrected chi connectivity index (χ0v) is 11.9. The molecule has 104 valence electrons. The van der Waals surface area contributed by atoms with Gasteiger partial charge in [0, 0.05) is 18.5 Å². The molecule has 1 fully saturated rings. The monoisotopic (exact) mass is 282 g/mol. The predicted octanol–water partition coefficient (Wildman–Crippen LogP) is 1.87. The number of carboxylic acids is 1. The van der Waals surface area contributed by atoms with E-state index in [0.29, 0.717) is 12.5 Å². The molecule has 1 aromatic rings. The van der Waals surface area contributed by atoms with Crippen molar-refractivity contribution in [2.24, 2.45) is 0 Å². The first-order valence-electron chi connectivity index (χ1n) is 6.64. The largest absolute Gasteiger partial charge is 0.481 e. The Balaban J connectivity index is 1.83. The van der Waals surface area contributed by atoms with E-state index < -0.39 is 11.9 Å². The molecule has 2 aliphatic rings. The molecule has 6 heteroatoms. The highest BCUT2D eigenvalue weighted by Crippen LogP contribution is 2.40. The number of fused-ring (bicyclic) bond motifs is 1. The molecular formula is C13H18N2O3S. The van der Waals surface area contributed by atoms with Crippen molar-refractivity contribution in [2.75, 3.05) is 18.6 Å². The van der Waals surface area contributed by atoms with Crippen LogP contribution < -0.4 is 4.90 Å². The van der Waals surface area contributed by atoms with Gasteiger partial charge in [-0.2, -0.15) is 0 Å². The van der Waals surface area contributed by atoms with Crippen molar-refractivity contribution in [3.63, 3.8) is 0 Å². The number of anilines is 1. The van der Waals surface area contributed by atoms with Crippen molar-refractivity contribution in [1.29, 1.82) is 0 Å². The van der Waals surface area contributed by atoms with Crippen LogP contribution >= 0.6 is 11.3 Å². The molecule has 1 aromatic heterocycles. The number of hydrogen-bond donors (Lipinski definition) is 1. The highest BCUT2D eigenvalue weighted by molar-refractivity contribution is 7.15. The van der Waals surface area contributed by atoms with Gasteiger partial charge in [0.25, 0.3) is 0 Å². The fourth-order valence-corrected chi connectivity index (χ4v) is 4.13. The van der Waals surface area contributed by atoms with Crippen LogP contribution in [0.25, 0.3) is 0 Å². The van der Waals surface area contributed by atoms with E-state index in [1.54, 1.807) is 11.3 Å². The molecule has 0 spiro atoms. The Bertz CT molecular complexity index is 502. The summed E-state index contributed by atoms with van der Waals surface area (Å²) in [6, 6.07) is 0.342. The molecule has 0 saturated carbocycles. The predicted molar refractivity (Wildman–Crippen MR) is 73.0 cm³/mol. The summed E-state index contributed by atoms with van der Waals surface area (Å²) in [7, 11) is 2.03. The van der Waals surface area contributed by atoms with Crippen molar-refractivity contribution in [3.8, 4) is 0 Å². The Labute approximate surface area is 116 Å². The maximum absolute atomic E-state index is 11.2. The molecule has 3 atom stereocenters. The summed E-state index contributed by atoms with van der Waals surface area (Å²) in [5.41, 5.74) is 0.783. The number of thiazole rings is 1. The Hall–Kier alpha value is -1.14. The third-order valence-electron chi connectivity index (χ3n) is 4.14. The lowest BCUT2D eigenvalue weighted by atomic mass is 10.1. The minimum atomic E-state index is -0.754. The number of rotatable bonds is 3. The van der Waals surface area contributed by atoms with Gasteiger partial charge in [0.15, 0.2) is 5.13 Å². The van der Waals surface area contributed by atoms with Crippen molar-refractivity contribution in [1.82, 2.24) is 4.98 Å². The maximum atomic E-state index is 11.2. The Morgan fingerprint density at radius 1 is 1.53 bits per heavy atom. The molecule has 3 rings (SSSR count). The number of hydrogen-bond acceptors (Lipinski definition) is 5. The Morgan fingerprint density at radius 2 is 2.32 bits per heavy atom. The van der Waals surface area contributed by atoms with Gasteiger partial charge in [0.05, 0.1) is 17.8 Å². The summed E-state index contributed by atoms with van der Waals surface area (Å²) in [5.74, 6) is -1.17. The lowest BCUT2D eigenvalue weighted by Crippen LogP contribution is -2.36. The number of ether oxygens (including phenoxy) is 1. The van der Waals surface area contributed by atoms with Crippen LogP contribution in [-0.2, 0) is 16.0 Å². The molecule has 1 saturated heterocycles. The third kappa shape index (κ3) is 2.12. The molecule has 3 unspecified atom stereocenters. The van der Waals surface area contributed by atoms with E-state index in [1.165, 1.54) is 0 Å². The fraction of sp³-hybridized carbons (Fsp3) is 0.692. The summed E-state index contributed by atoms with van der Waals surface area (Å²) in [5, 5.41) is 10.1. The highest BCUT2D eigenvalue weighted by atomic mass is 32.1. The molecular weight excluding hydrogens is 264 g/mol. The molecule has 5 nitrogen and oxygen atoms in total. The number of aromatic nitrogens is 1. The molecule has 1 aliphatic heterocycles. The second-order valence-electron chi connectivity index (χ2n) is 5.28. The average Bonchev–Trinajstić information content (AvgIpc) is 3.00. The fourth-order valence-electron chi connectivity index (χ4n) is 2.98. The van der Waals surface area contributed by atoms with Gasteiger partial charge in [-0.15, -0.1) is 11.3 Å². The summed E-state index contributed by atoms with van der Waals surface area (Å²) in [4.78, 5) is 19.1. The van der Waals surface area contributed by atoms with Gasteiger partial charge in [-0.05, 0) is 26.2 Å². The second kappa shape index (κ2) is 4.76. The number of carboxylic acid groups (broad SMARTS) is 1. The zero-order valence-electron chi connectivity index (χ0n) is 11.1. The SMILES string of the molecule is CC1OCCC1N(C)c1nc2c(s1)CCC2C(=O)O. The average molecular weight is 282 g/mol. The second-order valence-corrected chi connectivity index (χ2v) is 6.34. The van der Waals surface area contributed by atoms with E-state index in [-0.39, 0.29) is 6.10 Å². The number of aryl methyl sites for hydroxylation is 1. The van der Waals surface area contributed by atoms with E-state index in [1.807, 2.05) is 7.05 Å². The summed E-state index contributed by atoms with van der Waals surface area (Å²) < 4.78 is 5.59. The molecule has 2 heterocycles. The molecule has 0 aromatic carbocycles. The van der Waals surface area contributed by atoms with Gasteiger partial charge in [0.1, 0.15) is 5.92 Å². The van der Waals surface area contributed by atoms with Crippen LogP contribution in [0.15, 0.2) is 0 Å². The number of carbonyl (C=O) groups is 1. The molecule has 0 amide bonds. The van der Waals surface area contributed by atoms with E-state index in [0.717, 1.165) is 35.2 Å². The van der Waals surface area contributed by atoms with Crippen LogP contribution in [0.1, 0.15) is 36.3 Å². The van der Waals surface area contributed by atoms with Crippen LogP contribution in [-0.4, -0.2) is 41.9 Å². The number of nitrogens with zero attached hydrogens (tertiary/aromatic N) is 2. The zero-order chi connectivity index (χ0) is 13.6. The minimum Gasteiger partial charge on any atom is -0.481 e. The van der Waals surface area contributed by atoms with Crippen LogP contribution in [0.3, 0.4) is 0 Å². The first-order valence-corrected chi connectivity index (χ1v) is 7.46. The van der Waals surface area contributed by atoms with Crippen LogP contribution in [0.5, 0.6) is 0 Å². The van der Waals surface area contributed by atoms with Crippen LogP contribution in [0.4, 0.5) is 5.13 Å². The molecule has 0 bridgehead atoms. The van der Waals surface area contributed by atoms with Gasteiger partial charge in [-0.25, -0.2) is 4.98 Å². The first kappa shape index (κ1) is 12.9. The van der Waals surface area contributed by atoms with Crippen LogP contribution in [0, 0.1) is 0 Å². The van der Waals surface area contributed by atoms with Gasteiger partial charge in [-0.3, -0.25) is 4.79 Å². The smallest absolute Gasteiger partial charge is 0.312 e. The van der Waals surface area contributed by atoms with E-state index >= 15 is 0 Å². The quantitative estimate of drug-likeness (QED) is 0.917. The number of likely N-dealkylation sites (N-methyl/N-ethyl adjacent to an activating group) is 1. The first-order chi connectivity index (χ1) is 9.08. The number of aliphatic carboxylic acids is 1. The topological polar surface area (TPSA) is 62.7 Å². The van der Waals surface area contributed by atoms with Gasteiger partial charge in [0.2, 0.25) is 0 Å². The molecule has 19 heavy (non-hydrogen) atoms. The van der Waals surface area contributed by atoms with Crippen LogP contribution in [0.2, 0.25) is 0 Å². The van der Waals surface area contributed by atoms with Crippen molar-refractivity contribution < 1.29 is 14.6 Å². The summed E-state index contributed by atoms with van der Waals surface area (Å²) in [6.45, 7) is 2.87. The van der Waals surface area contributed by atoms with Crippen molar-refractivity contribution in [2.45, 2.75) is 44.2 Å². The standard InChI is InChI=1S/C13H18N2O3S/c1-7-9(5-6-18-7)15(2)13-14-11-8(12(16)17)3-4-10(11)19-13/h7-9H,3-6H2,1-2H3,(H,16,17). The van der Waals surface area contributed by atoms with Crippen molar-refractivity contribution in [3.05, 3.63) is 10.6 Å². The van der Waals surface area contributed by atoms with Gasteiger partial charge in [-0.1, -0.05) is 0 Å². The lowest BCUT2D eigenvalue weighted by molar-refractivity contribution is -0.138. The highest BCUT2D eigenvalue weighted by Gasteiger charge is 2.35. The van der Waals surface area contributed by atoms with E-state index in [4.69, 9.17) is 4.74 Å². The van der Waals surface area contributed by atoms with Gasteiger partial charge >= 0.3 is 5.97 Å². The van der Waals surface area contributed by atoms with Crippen molar-refractivity contribution >= 4 is 22.4 Å². The molecule has 1 N–H and O–H groups in total. The summed E-state index contributed by atoms with van der Waals surface area (Å²) >= 11 is 1.64. The maximum Gasteiger partial charge on any atom is 0.312 e.